The number of H-pyrrole nitrogens is 1. The minimum atomic E-state index is -0.0860. The van der Waals surface area contributed by atoms with Crippen LogP contribution in [-0.2, 0) is 0 Å². The Bertz CT molecular complexity index is 780. The summed E-state index contributed by atoms with van der Waals surface area (Å²) in [6.07, 6.45) is 6.36. The largest absolute Gasteiger partial charge is 0.376 e. The summed E-state index contributed by atoms with van der Waals surface area (Å²) in [5, 5.41) is 7.05. The van der Waals surface area contributed by atoms with Crippen molar-refractivity contribution < 1.29 is 0 Å². The van der Waals surface area contributed by atoms with Crippen molar-refractivity contribution in [3.05, 3.63) is 47.1 Å². The van der Waals surface area contributed by atoms with Crippen LogP contribution in [0, 0.1) is 10.8 Å². The van der Waals surface area contributed by atoms with Crippen molar-refractivity contribution in [2.24, 2.45) is 10.8 Å². The Morgan fingerprint density at radius 2 is 1.88 bits per heavy atom. The number of anilines is 1. The summed E-state index contributed by atoms with van der Waals surface area (Å²) in [6.45, 7) is 11.0. The lowest BCUT2D eigenvalue weighted by Gasteiger charge is -2.37. The third-order valence-corrected chi connectivity index (χ3v) is 5.08. The normalized spacial score (nSPS) is 22.2. The number of pyridine rings is 2. The van der Waals surface area contributed by atoms with E-state index >= 15 is 0 Å². The maximum atomic E-state index is 12.3. The van der Waals surface area contributed by atoms with E-state index in [9.17, 15) is 4.79 Å². The molecular formula is C20H28N4O. The lowest BCUT2D eigenvalue weighted by molar-refractivity contribution is 0.200. The molecule has 1 saturated heterocycles. The first-order valence-electron chi connectivity index (χ1n) is 8.87. The van der Waals surface area contributed by atoms with Gasteiger partial charge in [-0.2, -0.15) is 0 Å². The molecule has 3 N–H and O–H groups in total. The number of rotatable bonds is 3. The van der Waals surface area contributed by atoms with Gasteiger partial charge in [0.1, 0.15) is 5.69 Å². The van der Waals surface area contributed by atoms with E-state index in [-0.39, 0.29) is 22.4 Å². The Hall–Kier alpha value is -2.14. The van der Waals surface area contributed by atoms with Crippen molar-refractivity contribution >= 4 is 5.69 Å². The number of nitrogens with one attached hydrogen (secondary N) is 3. The van der Waals surface area contributed by atoms with Crippen LogP contribution in [-0.4, -0.2) is 29.1 Å². The fraction of sp³-hybridized carbons (Fsp3) is 0.500. The number of nitrogens with zero attached hydrogens (tertiary/aromatic N) is 1. The molecule has 0 saturated carbocycles. The van der Waals surface area contributed by atoms with Crippen molar-refractivity contribution in [2.75, 3.05) is 18.4 Å². The molecule has 0 bridgehead atoms. The molecule has 3 rings (SSSR count). The smallest absolute Gasteiger partial charge is 0.271 e. The first-order chi connectivity index (χ1) is 11.8. The zero-order valence-electron chi connectivity index (χ0n) is 15.5. The number of aromatic nitrogens is 2. The molecule has 1 atom stereocenters. The van der Waals surface area contributed by atoms with Crippen LogP contribution >= 0.6 is 0 Å². The van der Waals surface area contributed by atoms with E-state index in [1.165, 1.54) is 0 Å². The Morgan fingerprint density at radius 3 is 2.60 bits per heavy atom. The predicted molar refractivity (Wildman–Crippen MR) is 103 cm³/mol. The molecule has 0 amide bonds. The molecule has 0 aromatic carbocycles. The fourth-order valence-electron chi connectivity index (χ4n) is 3.99. The van der Waals surface area contributed by atoms with Crippen LogP contribution in [0.1, 0.15) is 34.1 Å². The van der Waals surface area contributed by atoms with Gasteiger partial charge in [-0.1, -0.05) is 27.7 Å². The Balaban J connectivity index is 1.88. The van der Waals surface area contributed by atoms with Gasteiger partial charge in [0.25, 0.3) is 5.56 Å². The summed E-state index contributed by atoms with van der Waals surface area (Å²) in [4.78, 5) is 19.3. The number of hydrogen-bond donors (Lipinski definition) is 3. The molecule has 3 heterocycles. The molecule has 2 aromatic heterocycles. The van der Waals surface area contributed by atoms with Crippen molar-refractivity contribution in [3.63, 3.8) is 0 Å². The summed E-state index contributed by atoms with van der Waals surface area (Å²) < 4.78 is 0. The number of hydrogen-bond acceptors (Lipinski definition) is 4. The molecule has 1 aliphatic rings. The second kappa shape index (κ2) is 6.64. The molecule has 0 spiro atoms. The highest BCUT2D eigenvalue weighted by molar-refractivity contribution is 5.66. The molecule has 5 heteroatoms. The Kier molecular flexibility index (Phi) is 4.69. The maximum absolute atomic E-state index is 12.3. The van der Waals surface area contributed by atoms with Gasteiger partial charge in [0.15, 0.2) is 0 Å². The molecule has 25 heavy (non-hydrogen) atoms. The van der Waals surface area contributed by atoms with E-state index < -0.39 is 0 Å². The van der Waals surface area contributed by atoms with Gasteiger partial charge in [0, 0.05) is 43.3 Å². The average Bonchev–Trinajstić information content (AvgIpc) is 2.65. The van der Waals surface area contributed by atoms with Gasteiger partial charge in [-0.3, -0.25) is 9.78 Å². The lowest BCUT2D eigenvalue weighted by atomic mass is 9.72. The molecule has 1 aliphatic heterocycles. The monoisotopic (exact) mass is 340 g/mol. The van der Waals surface area contributed by atoms with Crippen molar-refractivity contribution in [2.45, 2.75) is 40.2 Å². The molecule has 5 nitrogen and oxygen atoms in total. The standard InChI is InChI=1S/C20H28N4O/c1-19(2)12-20(3,4)17(11-22-13-19)24-16-9-15(10-23-18(16)25)14-5-7-21-8-6-14/h5-10,17,22,24H,11-13H2,1-4H3,(H,23,25). The molecule has 134 valence electrons. The summed E-state index contributed by atoms with van der Waals surface area (Å²) in [5.41, 5.74) is 2.86. The Labute approximate surface area is 149 Å². The van der Waals surface area contributed by atoms with Crippen LogP contribution in [0.4, 0.5) is 5.69 Å². The maximum Gasteiger partial charge on any atom is 0.271 e. The first kappa shape index (κ1) is 17.7. The summed E-state index contributed by atoms with van der Waals surface area (Å²) in [6, 6.07) is 6.00. The minimum absolute atomic E-state index is 0.0755. The molecular weight excluding hydrogens is 312 g/mol. The third kappa shape index (κ3) is 4.10. The molecule has 1 fully saturated rings. The van der Waals surface area contributed by atoms with Gasteiger partial charge < -0.3 is 15.6 Å². The highest BCUT2D eigenvalue weighted by Gasteiger charge is 2.38. The Morgan fingerprint density at radius 1 is 1.16 bits per heavy atom. The van der Waals surface area contributed by atoms with Gasteiger partial charge in [-0.15, -0.1) is 0 Å². The van der Waals surface area contributed by atoms with Crippen LogP contribution in [0.3, 0.4) is 0 Å². The fourth-order valence-corrected chi connectivity index (χ4v) is 3.99. The van der Waals surface area contributed by atoms with Crippen LogP contribution in [0.25, 0.3) is 11.1 Å². The second-order valence-electron chi connectivity index (χ2n) is 8.52. The SMILES string of the molecule is CC1(C)CNCC(Nc2cc(-c3ccncc3)c[nH]c2=O)C(C)(C)C1. The van der Waals surface area contributed by atoms with E-state index in [4.69, 9.17) is 0 Å². The van der Waals surface area contributed by atoms with Crippen LogP contribution in [0.15, 0.2) is 41.6 Å². The van der Waals surface area contributed by atoms with E-state index in [2.05, 4.69) is 48.3 Å². The quantitative estimate of drug-likeness (QED) is 0.802. The van der Waals surface area contributed by atoms with Crippen molar-refractivity contribution in [3.8, 4) is 11.1 Å². The second-order valence-corrected chi connectivity index (χ2v) is 8.52. The van der Waals surface area contributed by atoms with Gasteiger partial charge in [0.05, 0.1) is 0 Å². The molecule has 2 aromatic rings. The zero-order valence-corrected chi connectivity index (χ0v) is 15.5. The van der Waals surface area contributed by atoms with Gasteiger partial charge >= 0.3 is 0 Å². The third-order valence-electron chi connectivity index (χ3n) is 5.08. The number of aromatic amines is 1. The van der Waals surface area contributed by atoms with E-state index in [1.54, 1.807) is 18.6 Å². The van der Waals surface area contributed by atoms with E-state index in [0.717, 1.165) is 30.6 Å². The summed E-state index contributed by atoms with van der Waals surface area (Å²) in [5.74, 6) is 0. The van der Waals surface area contributed by atoms with Gasteiger partial charge in [-0.25, -0.2) is 0 Å². The highest BCUT2D eigenvalue weighted by atomic mass is 16.1. The molecule has 1 unspecified atom stereocenters. The van der Waals surface area contributed by atoms with Crippen LogP contribution < -0.4 is 16.2 Å². The highest BCUT2D eigenvalue weighted by Crippen LogP contribution is 2.38. The van der Waals surface area contributed by atoms with Crippen molar-refractivity contribution in [1.29, 1.82) is 0 Å². The molecule has 0 aliphatic carbocycles. The van der Waals surface area contributed by atoms with Crippen molar-refractivity contribution in [1.82, 2.24) is 15.3 Å². The lowest BCUT2D eigenvalue weighted by Crippen LogP contribution is -2.42. The van der Waals surface area contributed by atoms with Crippen LogP contribution in [0.2, 0.25) is 0 Å². The average molecular weight is 340 g/mol. The van der Waals surface area contributed by atoms with Gasteiger partial charge in [-0.05, 0) is 41.0 Å². The first-order valence-corrected chi connectivity index (χ1v) is 8.87. The van der Waals surface area contributed by atoms with Crippen LogP contribution in [0.5, 0.6) is 0 Å². The predicted octanol–water partition coefficient (Wildman–Crippen LogP) is 3.26. The van der Waals surface area contributed by atoms with E-state index in [0.29, 0.717) is 5.69 Å². The topological polar surface area (TPSA) is 69.8 Å². The minimum Gasteiger partial charge on any atom is -0.376 e. The summed E-state index contributed by atoms with van der Waals surface area (Å²) in [7, 11) is 0. The van der Waals surface area contributed by atoms with E-state index in [1.807, 2.05) is 18.2 Å². The summed E-state index contributed by atoms with van der Waals surface area (Å²) >= 11 is 0. The zero-order chi connectivity index (χ0) is 18.1. The van der Waals surface area contributed by atoms with Gasteiger partial charge in [0.2, 0.25) is 0 Å². The molecule has 0 radical (unpaired) electrons.